The van der Waals surface area contributed by atoms with Gasteiger partial charge in [-0.15, -0.1) is 0 Å². The molecule has 3 nitrogen and oxygen atoms in total. The molecule has 1 aliphatic carbocycles. The molecule has 3 heteroatoms. The number of nitrogens with one attached hydrogen (secondary N) is 1. The van der Waals surface area contributed by atoms with Crippen LogP contribution in [0.4, 0.5) is 0 Å². The third-order valence-electron chi connectivity index (χ3n) is 3.12. The molecule has 0 bridgehead atoms. The van der Waals surface area contributed by atoms with E-state index in [0.717, 1.165) is 25.0 Å². The zero-order chi connectivity index (χ0) is 10.7. The van der Waals surface area contributed by atoms with Crippen molar-refractivity contribution in [1.82, 2.24) is 10.3 Å². The van der Waals surface area contributed by atoms with Crippen LogP contribution in [0.1, 0.15) is 30.0 Å². The van der Waals surface area contributed by atoms with Crippen LogP contribution in [0.2, 0.25) is 0 Å². The molecule has 0 aliphatic heterocycles. The van der Waals surface area contributed by atoms with E-state index >= 15 is 0 Å². The Hall–Kier alpha value is -0.930. The number of aryl methyl sites for hydroxylation is 1. The van der Waals surface area contributed by atoms with Crippen molar-refractivity contribution in [2.24, 2.45) is 0 Å². The van der Waals surface area contributed by atoms with Crippen molar-refractivity contribution in [3.05, 3.63) is 29.6 Å². The number of aliphatic hydroxyl groups excluding tert-OH is 1. The van der Waals surface area contributed by atoms with Gasteiger partial charge in [0, 0.05) is 24.4 Å². The molecule has 0 saturated carbocycles. The molecular formula is C12H18N2O. The lowest BCUT2D eigenvalue weighted by molar-refractivity contribution is 0.133. The van der Waals surface area contributed by atoms with Crippen LogP contribution in [0.3, 0.4) is 0 Å². The zero-order valence-electron chi connectivity index (χ0n) is 9.11. The monoisotopic (exact) mass is 206 g/mol. The fourth-order valence-electron chi connectivity index (χ4n) is 2.37. The fraction of sp³-hybridized carbons (Fsp3) is 0.583. The summed E-state index contributed by atoms with van der Waals surface area (Å²) in [4.78, 5) is 4.42. The molecule has 0 saturated heterocycles. The second-order valence-electron chi connectivity index (χ2n) is 4.17. The largest absolute Gasteiger partial charge is 0.391 e. The minimum absolute atomic E-state index is 0.211. The molecule has 2 atom stereocenters. The van der Waals surface area contributed by atoms with Crippen LogP contribution in [-0.2, 0) is 6.42 Å². The molecule has 2 N–H and O–H groups in total. The molecule has 1 heterocycles. The fourth-order valence-corrected chi connectivity index (χ4v) is 2.37. The summed E-state index contributed by atoms with van der Waals surface area (Å²) in [7, 11) is 1.87. The van der Waals surface area contributed by atoms with E-state index < -0.39 is 0 Å². The van der Waals surface area contributed by atoms with E-state index in [9.17, 15) is 5.11 Å². The predicted molar refractivity (Wildman–Crippen MR) is 59.8 cm³/mol. The Kier molecular flexibility index (Phi) is 3.34. The van der Waals surface area contributed by atoms with Crippen LogP contribution in [-0.4, -0.2) is 29.8 Å². The molecule has 2 unspecified atom stereocenters. The lowest BCUT2D eigenvalue weighted by atomic mass is 9.83. The van der Waals surface area contributed by atoms with Gasteiger partial charge in [-0.25, -0.2) is 0 Å². The van der Waals surface area contributed by atoms with E-state index in [4.69, 9.17) is 0 Å². The van der Waals surface area contributed by atoms with E-state index in [2.05, 4.69) is 16.4 Å². The number of likely N-dealkylation sites (N-methyl/N-ethyl adjacent to an activating group) is 1. The van der Waals surface area contributed by atoms with Crippen LogP contribution in [0, 0.1) is 0 Å². The second kappa shape index (κ2) is 4.73. The minimum atomic E-state index is -0.316. The maximum absolute atomic E-state index is 10.0. The van der Waals surface area contributed by atoms with Gasteiger partial charge in [-0.1, -0.05) is 6.07 Å². The number of hydrogen-bond acceptors (Lipinski definition) is 3. The van der Waals surface area contributed by atoms with Gasteiger partial charge in [0.25, 0.3) is 0 Å². The molecule has 1 aliphatic rings. The lowest BCUT2D eigenvalue weighted by Crippen LogP contribution is -2.32. The van der Waals surface area contributed by atoms with Crippen molar-refractivity contribution in [2.75, 3.05) is 13.6 Å². The van der Waals surface area contributed by atoms with Crippen molar-refractivity contribution < 1.29 is 5.11 Å². The molecular weight excluding hydrogens is 188 g/mol. The third kappa shape index (κ3) is 2.19. The average Bonchev–Trinajstić information content (AvgIpc) is 2.28. The number of rotatable bonds is 3. The van der Waals surface area contributed by atoms with Gasteiger partial charge in [-0.05, 0) is 37.9 Å². The number of pyridine rings is 1. The number of aromatic nitrogens is 1. The molecule has 15 heavy (non-hydrogen) atoms. The molecule has 2 rings (SSSR count). The predicted octanol–water partition coefficient (Wildman–Crippen LogP) is 1.08. The molecule has 82 valence electrons. The van der Waals surface area contributed by atoms with Gasteiger partial charge < -0.3 is 10.4 Å². The van der Waals surface area contributed by atoms with Crippen molar-refractivity contribution in [3.63, 3.8) is 0 Å². The minimum Gasteiger partial charge on any atom is -0.391 e. The average molecular weight is 206 g/mol. The Bertz CT molecular complexity index is 327. The first kappa shape index (κ1) is 10.6. The van der Waals surface area contributed by atoms with Crippen LogP contribution < -0.4 is 5.32 Å². The normalized spacial score (nSPS) is 22.1. The van der Waals surface area contributed by atoms with Gasteiger partial charge in [-0.2, -0.15) is 0 Å². The Morgan fingerprint density at radius 1 is 1.67 bits per heavy atom. The molecule has 1 aromatic rings. The van der Waals surface area contributed by atoms with E-state index in [1.165, 1.54) is 5.56 Å². The highest BCUT2D eigenvalue weighted by Crippen LogP contribution is 2.31. The van der Waals surface area contributed by atoms with Crippen LogP contribution in [0.15, 0.2) is 18.3 Å². The third-order valence-corrected chi connectivity index (χ3v) is 3.12. The summed E-state index contributed by atoms with van der Waals surface area (Å²) >= 11 is 0. The van der Waals surface area contributed by atoms with E-state index in [-0.39, 0.29) is 12.0 Å². The maximum atomic E-state index is 10.0. The number of fused-ring (bicyclic) bond motifs is 1. The van der Waals surface area contributed by atoms with E-state index in [1.807, 2.05) is 19.3 Å². The molecule has 0 radical (unpaired) electrons. The maximum Gasteiger partial charge on any atom is 0.0748 e. The van der Waals surface area contributed by atoms with Crippen LogP contribution >= 0.6 is 0 Å². The quantitative estimate of drug-likeness (QED) is 0.778. The molecule has 1 aromatic heterocycles. The first-order valence-electron chi connectivity index (χ1n) is 5.59. The summed E-state index contributed by atoms with van der Waals surface area (Å²) in [6, 6.07) is 4.10. The summed E-state index contributed by atoms with van der Waals surface area (Å²) in [5, 5.41) is 13.0. The van der Waals surface area contributed by atoms with Gasteiger partial charge in [0.1, 0.15) is 0 Å². The van der Waals surface area contributed by atoms with Gasteiger partial charge in [0.15, 0.2) is 0 Å². The zero-order valence-corrected chi connectivity index (χ0v) is 9.11. The standard InChI is InChI=1S/C12H18N2O/c1-13-8-11(15)10-6-2-4-9-5-3-7-14-12(9)10/h3,5,7,10-11,13,15H,2,4,6,8H2,1H3. The van der Waals surface area contributed by atoms with Crippen molar-refractivity contribution in [2.45, 2.75) is 31.3 Å². The first-order chi connectivity index (χ1) is 7.33. The SMILES string of the molecule is CNCC(O)C1CCCc2cccnc21. The molecule has 0 spiro atoms. The number of hydrogen-bond donors (Lipinski definition) is 2. The Morgan fingerprint density at radius 2 is 2.53 bits per heavy atom. The number of aliphatic hydroxyl groups is 1. The summed E-state index contributed by atoms with van der Waals surface area (Å²) in [6.07, 6.45) is 4.82. The first-order valence-corrected chi connectivity index (χ1v) is 5.59. The Balaban J connectivity index is 2.21. The van der Waals surface area contributed by atoms with Crippen LogP contribution in [0.5, 0.6) is 0 Å². The highest BCUT2D eigenvalue weighted by Gasteiger charge is 2.26. The van der Waals surface area contributed by atoms with E-state index in [0.29, 0.717) is 6.54 Å². The van der Waals surface area contributed by atoms with Crippen molar-refractivity contribution >= 4 is 0 Å². The van der Waals surface area contributed by atoms with Gasteiger partial charge in [-0.3, -0.25) is 4.98 Å². The summed E-state index contributed by atoms with van der Waals surface area (Å²) in [5.74, 6) is 0.211. The number of nitrogens with zero attached hydrogens (tertiary/aromatic N) is 1. The molecule has 0 amide bonds. The van der Waals surface area contributed by atoms with Gasteiger partial charge in [0.05, 0.1) is 6.10 Å². The highest BCUT2D eigenvalue weighted by molar-refractivity contribution is 5.26. The summed E-state index contributed by atoms with van der Waals surface area (Å²) in [6.45, 7) is 0.640. The summed E-state index contributed by atoms with van der Waals surface area (Å²) < 4.78 is 0. The summed E-state index contributed by atoms with van der Waals surface area (Å²) in [5.41, 5.74) is 2.41. The lowest BCUT2D eigenvalue weighted by Gasteiger charge is -2.28. The Morgan fingerprint density at radius 3 is 3.33 bits per heavy atom. The second-order valence-corrected chi connectivity index (χ2v) is 4.17. The highest BCUT2D eigenvalue weighted by atomic mass is 16.3. The van der Waals surface area contributed by atoms with E-state index in [1.54, 1.807) is 0 Å². The van der Waals surface area contributed by atoms with Gasteiger partial charge in [0.2, 0.25) is 0 Å². The molecule has 0 aromatic carbocycles. The van der Waals surface area contributed by atoms with Crippen molar-refractivity contribution in [3.8, 4) is 0 Å². The Labute approximate surface area is 90.5 Å². The topological polar surface area (TPSA) is 45.1 Å². The van der Waals surface area contributed by atoms with Gasteiger partial charge >= 0.3 is 0 Å². The van der Waals surface area contributed by atoms with Crippen LogP contribution in [0.25, 0.3) is 0 Å². The van der Waals surface area contributed by atoms with Crippen molar-refractivity contribution in [1.29, 1.82) is 0 Å². The smallest absolute Gasteiger partial charge is 0.0748 e. The molecule has 0 fully saturated rings.